The van der Waals surface area contributed by atoms with E-state index in [4.69, 9.17) is 5.73 Å². The Bertz CT molecular complexity index is 758. The van der Waals surface area contributed by atoms with Gasteiger partial charge in [-0.05, 0) is 30.7 Å². The van der Waals surface area contributed by atoms with Crippen molar-refractivity contribution in [3.8, 4) is 0 Å². The maximum atomic E-state index is 11.6. The largest absolute Gasteiger partial charge is 0.396 e. The first kappa shape index (κ1) is 13.2. The minimum atomic E-state index is -2.90. The second kappa shape index (κ2) is 4.63. The van der Waals surface area contributed by atoms with Crippen molar-refractivity contribution in [3.63, 3.8) is 0 Å². The summed E-state index contributed by atoms with van der Waals surface area (Å²) in [7, 11) is -0.996. The average Bonchev–Trinajstić information content (AvgIpc) is 2.79. The Morgan fingerprint density at radius 2 is 2.15 bits per heavy atom. The molecule has 1 aromatic heterocycles. The van der Waals surface area contributed by atoms with Gasteiger partial charge in [-0.2, -0.15) is 0 Å². The number of hydrogen-bond acceptors (Lipinski definition) is 5. The van der Waals surface area contributed by atoms with Crippen molar-refractivity contribution in [3.05, 3.63) is 30.5 Å². The third kappa shape index (κ3) is 2.20. The van der Waals surface area contributed by atoms with Crippen molar-refractivity contribution in [2.75, 3.05) is 29.2 Å². The van der Waals surface area contributed by atoms with E-state index in [0.717, 1.165) is 16.6 Å². The SMILES string of the molecule is CN(c1ccc2ncccc2c1N)C1CCS(=O)(=O)C1. The molecule has 106 valence electrons. The Morgan fingerprint density at radius 3 is 2.85 bits per heavy atom. The minimum Gasteiger partial charge on any atom is -0.396 e. The Kier molecular flexibility index (Phi) is 3.05. The summed E-state index contributed by atoms with van der Waals surface area (Å²) in [5.74, 6) is 0.463. The molecule has 0 bridgehead atoms. The second-order valence-electron chi connectivity index (χ2n) is 5.24. The van der Waals surface area contributed by atoms with E-state index in [0.29, 0.717) is 12.1 Å². The van der Waals surface area contributed by atoms with Crippen LogP contribution in [0.2, 0.25) is 0 Å². The molecule has 20 heavy (non-hydrogen) atoms. The molecule has 2 aromatic rings. The standard InChI is InChI=1S/C14H17N3O2S/c1-17(10-6-8-20(18,19)9-10)13-5-4-12-11(14(13)15)3-2-7-16-12/h2-5,7,10H,6,8-9,15H2,1H3. The molecule has 1 aromatic carbocycles. The van der Waals surface area contributed by atoms with Crippen LogP contribution >= 0.6 is 0 Å². The molecule has 0 radical (unpaired) electrons. The third-order valence-corrected chi connectivity index (χ3v) is 5.69. The first-order valence-electron chi connectivity index (χ1n) is 6.54. The highest BCUT2D eigenvalue weighted by Crippen LogP contribution is 2.32. The summed E-state index contributed by atoms with van der Waals surface area (Å²) >= 11 is 0. The second-order valence-corrected chi connectivity index (χ2v) is 7.46. The van der Waals surface area contributed by atoms with Crippen LogP contribution in [0.25, 0.3) is 10.9 Å². The van der Waals surface area contributed by atoms with Gasteiger partial charge in [-0.1, -0.05) is 0 Å². The van der Waals surface area contributed by atoms with E-state index in [-0.39, 0.29) is 17.5 Å². The maximum absolute atomic E-state index is 11.6. The highest BCUT2D eigenvalue weighted by atomic mass is 32.2. The molecule has 2 N–H and O–H groups in total. The van der Waals surface area contributed by atoms with Crippen LogP contribution in [0.5, 0.6) is 0 Å². The number of anilines is 2. The number of aromatic nitrogens is 1. The van der Waals surface area contributed by atoms with Crippen molar-refractivity contribution in [2.24, 2.45) is 0 Å². The van der Waals surface area contributed by atoms with E-state index in [2.05, 4.69) is 4.98 Å². The smallest absolute Gasteiger partial charge is 0.152 e. The number of fused-ring (bicyclic) bond motifs is 1. The van der Waals surface area contributed by atoms with E-state index in [1.807, 2.05) is 36.2 Å². The van der Waals surface area contributed by atoms with Crippen LogP contribution in [-0.2, 0) is 9.84 Å². The van der Waals surface area contributed by atoms with Gasteiger partial charge < -0.3 is 10.6 Å². The predicted octanol–water partition coefficient (Wildman–Crippen LogP) is 1.44. The normalized spacial score (nSPS) is 21.1. The summed E-state index contributed by atoms with van der Waals surface area (Å²) in [5, 5.41) is 0.901. The van der Waals surface area contributed by atoms with Crippen molar-refractivity contribution >= 4 is 32.1 Å². The molecule has 2 heterocycles. The van der Waals surface area contributed by atoms with Gasteiger partial charge in [-0.15, -0.1) is 0 Å². The molecule has 1 unspecified atom stereocenters. The van der Waals surface area contributed by atoms with Gasteiger partial charge in [0.2, 0.25) is 0 Å². The molecule has 0 amide bonds. The molecular formula is C14H17N3O2S. The van der Waals surface area contributed by atoms with Gasteiger partial charge in [0.15, 0.2) is 9.84 Å². The van der Waals surface area contributed by atoms with Gasteiger partial charge in [-0.3, -0.25) is 4.98 Å². The zero-order valence-corrected chi connectivity index (χ0v) is 12.1. The van der Waals surface area contributed by atoms with Crippen LogP contribution in [-0.4, -0.2) is 38.0 Å². The van der Waals surface area contributed by atoms with E-state index in [1.54, 1.807) is 6.20 Å². The lowest BCUT2D eigenvalue weighted by Gasteiger charge is -2.27. The van der Waals surface area contributed by atoms with Gasteiger partial charge in [0.05, 0.1) is 28.4 Å². The number of nitrogens with zero attached hydrogens (tertiary/aromatic N) is 2. The van der Waals surface area contributed by atoms with E-state index in [9.17, 15) is 8.42 Å². The third-order valence-electron chi connectivity index (χ3n) is 3.94. The van der Waals surface area contributed by atoms with Crippen molar-refractivity contribution < 1.29 is 8.42 Å². The van der Waals surface area contributed by atoms with Crippen LogP contribution in [0, 0.1) is 0 Å². The Morgan fingerprint density at radius 1 is 1.35 bits per heavy atom. The van der Waals surface area contributed by atoms with E-state index in [1.165, 1.54) is 0 Å². The van der Waals surface area contributed by atoms with Crippen LogP contribution in [0.3, 0.4) is 0 Å². The molecule has 3 rings (SSSR count). The summed E-state index contributed by atoms with van der Waals surface area (Å²) < 4.78 is 23.2. The van der Waals surface area contributed by atoms with Crippen LogP contribution in [0.1, 0.15) is 6.42 Å². The summed E-state index contributed by atoms with van der Waals surface area (Å²) in [5.41, 5.74) is 8.60. The molecule has 0 saturated carbocycles. The Balaban J connectivity index is 2.00. The number of nitrogens with two attached hydrogens (primary N) is 1. The Labute approximate surface area is 118 Å². The molecule has 6 heteroatoms. The number of benzene rings is 1. The molecular weight excluding hydrogens is 274 g/mol. The topological polar surface area (TPSA) is 76.3 Å². The van der Waals surface area contributed by atoms with Gasteiger partial charge in [0.1, 0.15) is 0 Å². The van der Waals surface area contributed by atoms with E-state index >= 15 is 0 Å². The summed E-state index contributed by atoms with van der Waals surface area (Å²) in [6, 6.07) is 7.61. The quantitative estimate of drug-likeness (QED) is 0.847. The zero-order chi connectivity index (χ0) is 14.3. The maximum Gasteiger partial charge on any atom is 0.152 e. The first-order chi connectivity index (χ1) is 9.48. The molecule has 1 atom stereocenters. The monoisotopic (exact) mass is 291 g/mol. The fourth-order valence-corrected chi connectivity index (χ4v) is 4.52. The summed E-state index contributed by atoms with van der Waals surface area (Å²) in [6.45, 7) is 0. The molecule has 0 spiro atoms. The van der Waals surface area contributed by atoms with Crippen LogP contribution < -0.4 is 10.6 Å². The fourth-order valence-electron chi connectivity index (χ4n) is 2.75. The van der Waals surface area contributed by atoms with Crippen LogP contribution in [0.15, 0.2) is 30.5 Å². The molecule has 1 aliphatic heterocycles. The Hall–Kier alpha value is -1.82. The number of pyridine rings is 1. The highest BCUT2D eigenvalue weighted by Gasteiger charge is 2.31. The van der Waals surface area contributed by atoms with E-state index < -0.39 is 9.84 Å². The molecule has 1 saturated heterocycles. The summed E-state index contributed by atoms with van der Waals surface area (Å²) in [4.78, 5) is 6.25. The average molecular weight is 291 g/mol. The van der Waals surface area contributed by atoms with Gasteiger partial charge in [0, 0.05) is 24.7 Å². The zero-order valence-electron chi connectivity index (χ0n) is 11.3. The number of sulfone groups is 1. The van der Waals surface area contributed by atoms with Gasteiger partial charge >= 0.3 is 0 Å². The molecule has 5 nitrogen and oxygen atoms in total. The predicted molar refractivity (Wildman–Crippen MR) is 81.6 cm³/mol. The van der Waals surface area contributed by atoms with Crippen LogP contribution in [0.4, 0.5) is 11.4 Å². The lowest BCUT2D eigenvalue weighted by molar-refractivity contribution is 0.601. The number of hydrogen-bond donors (Lipinski definition) is 1. The highest BCUT2D eigenvalue weighted by molar-refractivity contribution is 7.91. The number of rotatable bonds is 2. The molecule has 1 fully saturated rings. The van der Waals surface area contributed by atoms with Gasteiger partial charge in [0.25, 0.3) is 0 Å². The minimum absolute atomic E-state index is 0.00331. The first-order valence-corrected chi connectivity index (χ1v) is 8.36. The lowest BCUT2D eigenvalue weighted by Crippen LogP contribution is -2.33. The summed E-state index contributed by atoms with van der Waals surface area (Å²) in [6.07, 6.45) is 2.39. The number of nitrogen functional groups attached to an aromatic ring is 1. The fraction of sp³-hybridized carbons (Fsp3) is 0.357. The van der Waals surface area contributed by atoms with Crippen molar-refractivity contribution in [1.29, 1.82) is 0 Å². The van der Waals surface area contributed by atoms with Gasteiger partial charge in [-0.25, -0.2) is 8.42 Å². The van der Waals surface area contributed by atoms with Crippen molar-refractivity contribution in [1.82, 2.24) is 4.98 Å². The lowest BCUT2D eigenvalue weighted by atomic mass is 10.1. The molecule has 1 aliphatic rings. The molecule has 0 aliphatic carbocycles. The van der Waals surface area contributed by atoms with Crippen molar-refractivity contribution in [2.45, 2.75) is 12.5 Å².